The minimum Gasteiger partial charge on any atom is -0.489 e. The van der Waals surface area contributed by atoms with Crippen LogP contribution < -0.4 is 10.2 Å². The minimum atomic E-state index is -1.67. The third-order valence-electron chi connectivity index (χ3n) is 2.76. The van der Waals surface area contributed by atoms with E-state index in [1.54, 1.807) is 6.07 Å². The number of benzene rings is 2. The number of aryl methyl sites for hydroxylation is 1. The minimum absolute atomic E-state index is 0.0943. The van der Waals surface area contributed by atoms with Crippen molar-refractivity contribution in [1.29, 1.82) is 0 Å². The summed E-state index contributed by atoms with van der Waals surface area (Å²) in [6.45, 7) is 2.04. The molecule has 0 aliphatic heterocycles. The highest BCUT2D eigenvalue weighted by atomic mass is 19.1. The first-order chi connectivity index (χ1) is 9.06. The van der Waals surface area contributed by atoms with Crippen molar-refractivity contribution in [2.24, 2.45) is 0 Å². The quantitative estimate of drug-likeness (QED) is 0.817. The molecule has 5 heteroatoms. The van der Waals surface area contributed by atoms with Crippen molar-refractivity contribution >= 4 is 12.6 Å². The molecule has 0 atom stereocenters. The molecule has 0 aliphatic rings. The molecule has 0 aromatic heterocycles. The van der Waals surface area contributed by atoms with E-state index in [2.05, 4.69) is 0 Å². The number of rotatable bonds is 4. The zero-order valence-electron chi connectivity index (χ0n) is 10.5. The summed E-state index contributed by atoms with van der Waals surface area (Å²) in [4.78, 5) is 0. The Morgan fingerprint density at radius 3 is 2.58 bits per heavy atom. The van der Waals surface area contributed by atoms with E-state index in [1.807, 2.05) is 25.1 Å². The molecule has 19 heavy (non-hydrogen) atoms. The zero-order chi connectivity index (χ0) is 13.8. The summed E-state index contributed by atoms with van der Waals surface area (Å²) >= 11 is 0. The zero-order valence-corrected chi connectivity index (χ0v) is 10.5. The van der Waals surface area contributed by atoms with E-state index in [1.165, 1.54) is 12.1 Å². The third kappa shape index (κ3) is 3.56. The number of hydrogen-bond acceptors (Lipinski definition) is 3. The molecule has 0 saturated heterocycles. The molecule has 98 valence electrons. The molecule has 3 nitrogen and oxygen atoms in total. The van der Waals surface area contributed by atoms with Gasteiger partial charge in [0.25, 0.3) is 0 Å². The second-order valence-corrected chi connectivity index (χ2v) is 4.33. The first kappa shape index (κ1) is 13.6. The average molecular weight is 260 g/mol. The SMILES string of the molecule is Cc1cccc(OCc2ccc(B(O)O)cc2F)c1. The van der Waals surface area contributed by atoms with Crippen LogP contribution >= 0.6 is 0 Å². The predicted molar refractivity (Wildman–Crippen MR) is 71.7 cm³/mol. The lowest BCUT2D eigenvalue weighted by Gasteiger charge is -2.09. The summed E-state index contributed by atoms with van der Waals surface area (Å²) in [5.41, 5.74) is 1.56. The topological polar surface area (TPSA) is 49.7 Å². The van der Waals surface area contributed by atoms with Gasteiger partial charge in [-0.3, -0.25) is 0 Å². The fourth-order valence-corrected chi connectivity index (χ4v) is 1.71. The predicted octanol–water partition coefficient (Wildman–Crippen LogP) is 1.39. The summed E-state index contributed by atoms with van der Waals surface area (Å²) in [5, 5.41) is 17.9. The lowest BCUT2D eigenvalue weighted by Crippen LogP contribution is -2.30. The van der Waals surface area contributed by atoms with E-state index >= 15 is 0 Å². The Kier molecular flexibility index (Phi) is 4.19. The summed E-state index contributed by atoms with van der Waals surface area (Å²) < 4.78 is 19.2. The molecule has 0 saturated carbocycles. The Morgan fingerprint density at radius 2 is 1.95 bits per heavy atom. The van der Waals surface area contributed by atoms with E-state index < -0.39 is 12.9 Å². The molecule has 0 radical (unpaired) electrons. The van der Waals surface area contributed by atoms with Gasteiger partial charge in [0.05, 0.1) is 0 Å². The number of ether oxygens (including phenoxy) is 1. The van der Waals surface area contributed by atoms with Crippen LogP contribution in [0.15, 0.2) is 42.5 Å². The molecular formula is C14H14BFO3. The maximum absolute atomic E-state index is 13.7. The summed E-state index contributed by atoms with van der Waals surface area (Å²) in [7, 11) is -1.67. The molecule has 0 bridgehead atoms. The summed E-state index contributed by atoms with van der Waals surface area (Å²) in [6.07, 6.45) is 0. The summed E-state index contributed by atoms with van der Waals surface area (Å²) in [5.74, 6) is 0.156. The lowest BCUT2D eigenvalue weighted by atomic mass is 9.80. The van der Waals surface area contributed by atoms with Crippen LogP contribution in [0.4, 0.5) is 4.39 Å². The molecule has 2 N–H and O–H groups in total. The molecular weight excluding hydrogens is 246 g/mol. The second kappa shape index (κ2) is 5.86. The van der Waals surface area contributed by atoms with Crippen LogP contribution in [0.2, 0.25) is 0 Å². The Morgan fingerprint density at radius 1 is 1.16 bits per heavy atom. The highest BCUT2D eigenvalue weighted by Crippen LogP contribution is 2.15. The van der Waals surface area contributed by atoms with Gasteiger partial charge < -0.3 is 14.8 Å². The smallest absolute Gasteiger partial charge is 0.488 e. The fraction of sp³-hybridized carbons (Fsp3) is 0.143. The van der Waals surface area contributed by atoms with Gasteiger partial charge >= 0.3 is 7.12 Å². The van der Waals surface area contributed by atoms with E-state index in [4.69, 9.17) is 14.8 Å². The van der Waals surface area contributed by atoms with Gasteiger partial charge in [-0.2, -0.15) is 0 Å². The van der Waals surface area contributed by atoms with E-state index in [-0.39, 0.29) is 12.1 Å². The summed E-state index contributed by atoms with van der Waals surface area (Å²) in [6, 6.07) is 11.5. The standard InChI is InChI=1S/C14H14BFO3/c1-10-3-2-4-13(7-10)19-9-11-5-6-12(15(17)18)8-14(11)16/h2-8,17-18H,9H2,1H3. The second-order valence-electron chi connectivity index (χ2n) is 4.33. The molecule has 2 aromatic carbocycles. The van der Waals surface area contributed by atoms with Crippen LogP contribution in [-0.2, 0) is 6.61 Å². The molecule has 0 heterocycles. The van der Waals surface area contributed by atoms with Gasteiger partial charge in [0, 0.05) is 5.56 Å². The Labute approximate surface area is 111 Å². The lowest BCUT2D eigenvalue weighted by molar-refractivity contribution is 0.299. The van der Waals surface area contributed by atoms with Crippen LogP contribution in [0, 0.1) is 12.7 Å². The average Bonchev–Trinajstić information content (AvgIpc) is 2.37. The van der Waals surface area contributed by atoms with Gasteiger partial charge in [0.15, 0.2) is 0 Å². The van der Waals surface area contributed by atoms with Crippen molar-refractivity contribution in [2.75, 3.05) is 0 Å². The maximum atomic E-state index is 13.7. The van der Waals surface area contributed by atoms with E-state index in [0.717, 1.165) is 11.6 Å². The van der Waals surface area contributed by atoms with Gasteiger partial charge in [0.1, 0.15) is 18.2 Å². The van der Waals surface area contributed by atoms with Crippen molar-refractivity contribution in [3.63, 3.8) is 0 Å². The van der Waals surface area contributed by atoms with Crippen molar-refractivity contribution in [3.8, 4) is 5.75 Å². The largest absolute Gasteiger partial charge is 0.489 e. The van der Waals surface area contributed by atoms with Crippen molar-refractivity contribution in [1.82, 2.24) is 0 Å². The van der Waals surface area contributed by atoms with E-state index in [9.17, 15) is 4.39 Å². The maximum Gasteiger partial charge on any atom is 0.488 e. The van der Waals surface area contributed by atoms with Gasteiger partial charge in [-0.15, -0.1) is 0 Å². The van der Waals surface area contributed by atoms with Gasteiger partial charge in [0.2, 0.25) is 0 Å². The first-order valence-electron chi connectivity index (χ1n) is 5.90. The third-order valence-corrected chi connectivity index (χ3v) is 2.76. The Balaban J connectivity index is 2.07. The van der Waals surface area contributed by atoms with Crippen molar-refractivity contribution < 1.29 is 19.2 Å². The van der Waals surface area contributed by atoms with Crippen LogP contribution in [0.5, 0.6) is 5.75 Å². The van der Waals surface area contributed by atoms with Crippen LogP contribution in [0.3, 0.4) is 0 Å². The van der Waals surface area contributed by atoms with Crippen LogP contribution in [-0.4, -0.2) is 17.2 Å². The molecule has 2 rings (SSSR count). The molecule has 0 spiro atoms. The molecule has 0 aliphatic carbocycles. The van der Waals surface area contributed by atoms with E-state index in [0.29, 0.717) is 11.3 Å². The number of hydrogen-bond donors (Lipinski definition) is 2. The highest BCUT2D eigenvalue weighted by Gasteiger charge is 2.13. The molecule has 0 unspecified atom stereocenters. The van der Waals surface area contributed by atoms with Crippen molar-refractivity contribution in [3.05, 3.63) is 59.4 Å². The molecule has 2 aromatic rings. The Hall–Kier alpha value is -1.85. The van der Waals surface area contributed by atoms with Gasteiger partial charge in [-0.1, -0.05) is 24.3 Å². The number of halogens is 1. The van der Waals surface area contributed by atoms with Gasteiger partial charge in [-0.25, -0.2) is 4.39 Å². The fourth-order valence-electron chi connectivity index (χ4n) is 1.71. The Bertz CT molecular complexity index is 572. The van der Waals surface area contributed by atoms with Crippen LogP contribution in [0.25, 0.3) is 0 Å². The molecule has 0 amide bonds. The highest BCUT2D eigenvalue weighted by molar-refractivity contribution is 6.58. The first-order valence-corrected chi connectivity index (χ1v) is 5.90. The normalized spacial score (nSPS) is 10.3. The van der Waals surface area contributed by atoms with Crippen LogP contribution in [0.1, 0.15) is 11.1 Å². The van der Waals surface area contributed by atoms with Gasteiger partial charge in [-0.05, 0) is 36.1 Å². The van der Waals surface area contributed by atoms with Crippen molar-refractivity contribution in [2.45, 2.75) is 13.5 Å². The monoisotopic (exact) mass is 260 g/mol. The molecule has 0 fully saturated rings.